The van der Waals surface area contributed by atoms with E-state index in [4.69, 9.17) is 10.5 Å². The molecule has 0 aromatic carbocycles. The summed E-state index contributed by atoms with van der Waals surface area (Å²) >= 11 is 0. The summed E-state index contributed by atoms with van der Waals surface area (Å²) in [4.78, 5) is 8.70. The van der Waals surface area contributed by atoms with Gasteiger partial charge in [-0.05, 0) is 6.92 Å². The number of halogens is 2. The minimum Gasteiger partial charge on any atom is -0.383 e. The molecule has 0 aliphatic rings. The second-order valence-corrected chi connectivity index (χ2v) is 5.55. The molecule has 0 saturated carbocycles. The molecule has 0 atom stereocenters. The third-order valence-electron chi connectivity index (χ3n) is 2.64. The van der Waals surface area contributed by atoms with Gasteiger partial charge in [-0.2, -0.15) is 0 Å². The van der Waals surface area contributed by atoms with Crippen LogP contribution >= 0.6 is 0 Å². The zero-order valence-electron chi connectivity index (χ0n) is 12.3. The van der Waals surface area contributed by atoms with Crippen LogP contribution in [0.4, 0.5) is 20.4 Å². The Bertz CT molecular complexity index is 447. The van der Waals surface area contributed by atoms with Crippen molar-refractivity contribution in [1.82, 2.24) is 9.97 Å². The maximum absolute atomic E-state index is 11.9. The van der Waals surface area contributed by atoms with E-state index in [-0.39, 0.29) is 12.0 Å². The van der Waals surface area contributed by atoms with Crippen molar-refractivity contribution < 1.29 is 13.5 Å². The molecule has 114 valence electrons. The third-order valence-corrected chi connectivity index (χ3v) is 2.64. The van der Waals surface area contributed by atoms with Crippen LogP contribution < -0.4 is 11.1 Å². The van der Waals surface area contributed by atoms with Crippen LogP contribution in [0.25, 0.3) is 0 Å². The molecular weight excluding hydrogens is 266 g/mol. The minimum absolute atomic E-state index is 0.179. The van der Waals surface area contributed by atoms with Crippen LogP contribution in [0.5, 0.6) is 0 Å². The SMILES string of the molecule is Cc1c(N)nc(C(C)(C)C)nc1NCCOCC(F)F. The topological polar surface area (TPSA) is 73.1 Å². The molecule has 0 spiro atoms. The molecular formula is C13H22F2N4O. The highest BCUT2D eigenvalue weighted by molar-refractivity contribution is 5.55. The van der Waals surface area contributed by atoms with Crippen LogP contribution in [0.1, 0.15) is 32.2 Å². The zero-order valence-corrected chi connectivity index (χ0v) is 12.3. The quantitative estimate of drug-likeness (QED) is 0.786. The maximum atomic E-state index is 11.9. The molecule has 1 aromatic heterocycles. The fourth-order valence-electron chi connectivity index (χ4n) is 1.46. The molecule has 5 nitrogen and oxygen atoms in total. The molecule has 0 amide bonds. The van der Waals surface area contributed by atoms with E-state index < -0.39 is 13.0 Å². The molecule has 0 radical (unpaired) electrons. The van der Waals surface area contributed by atoms with Crippen molar-refractivity contribution in [2.24, 2.45) is 0 Å². The number of nitrogen functional groups attached to an aromatic ring is 1. The van der Waals surface area contributed by atoms with Crippen molar-refractivity contribution in [1.29, 1.82) is 0 Å². The van der Waals surface area contributed by atoms with E-state index in [2.05, 4.69) is 15.3 Å². The second kappa shape index (κ2) is 6.78. The third kappa shape index (κ3) is 4.88. The number of ether oxygens (including phenoxy) is 1. The highest BCUT2D eigenvalue weighted by Gasteiger charge is 2.20. The van der Waals surface area contributed by atoms with Crippen LogP contribution in [-0.4, -0.2) is 36.2 Å². The lowest BCUT2D eigenvalue weighted by atomic mass is 9.95. The van der Waals surface area contributed by atoms with E-state index in [1.807, 2.05) is 27.7 Å². The molecule has 0 fully saturated rings. The summed E-state index contributed by atoms with van der Waals surface area (Å²) in [5.74, 6) is 1.67. The first kappa shape index (κ1) is 16.6. The van der Waals surface area contributed by atoms with Crippen molar-refractivity contribution >= 4 is 11.6 Å². The normalized spacial score (nSPS) is 11.9. The first-order valence-corrected chi connectivity index (χ1v) is 6.46. The van der Waals surface area contributed by atoms with Gasteiger partial charge in [0.2, 0.25) is 0 Å². The Morgan fingerprint density at radius 2 is 1.95 bits per heavy atom. The first-order chi connectivity index (χ1) is 9.21. The lowest BCUT2D eigenvalue weighted by molar-refractivity contribution is 0.0214. The number of hydrogen-bond donors (Lipinski definition) is 2. The molecule has 0 aliphatic carbocycles. The van der Waals surface area contributed by atoms with Gasteiger partial charge in [0.15, 0.2) is 0 Å². The second-order valence-electron chi connectivity index (χ2n) is 5.55. The van der Waals surface area contributed by atoms with Crippen molar-refractivity contribution in [2.45, 2.75) is 39.5 Å². The Kier molecular flexibility index (Phi) is 5.62. The van der Waals surface area contributed by atoms with E-state index >= 15 is 0 Å². The summed E-state index contributed by atoms with van der Waals surface area (Å²) in [6, 6.07) is 0. The van der Waals surface area contributed by atoms with Crippen LogP contribution in [0.2, 0.25) is 0 Å². The van der Waals surface area contributed by atoms with Crippen molar-refractivity contribution in [3.63, 3.8) is 0 Å². The Labute approximate surface area is 117 Å². The summed E-state index contributed by atoms with van der Waals surface area (Å²) in [7, 11) is 0. The molecule has 1 aromatic rings. The zero-order chi connectivity index (χ0) is 15.3. The van der Waals surface area contributed by atoms with E-state index in [9.17, 15) is 8.78 Å². The molecule has 7 heteroatoms. The van der Waals surface area contributed by atoms with Gasteiger partial charge in [-0.1, -0.05) is 20.8 Å². The number of rotatable bonds is 6. The van der Waals surface area contributed by atoms with Gasteiger partial charge in [0.25, 0.3) is 6.43 Å². The molecule has 20 heavy (non-hydrogen) atoms. The Morgan fingerprint density at radius 1 is 1.30 bits per heavy atom. The van der Waals surface area contributed by atoms with E-state index in [1.54, 1.807) is 0 Å². The summed E-state index contributed by atoms with van der Waals surface area (Å²) in [6.07, 6.45) is -2.45. The van der Waals surface area contributed by atoms with Crippen LogP contribution in [0, 0.1) is 6.92 Å². The molecule has 1 heterocycles. The molecule has 0 aliphatic heterocycles. The van der Waals surface area contributed by atoms with Crippen LogP contribution in [0.15, 0.2) is 0 Å². The number of hydrogen-bond acceptors (Lipinski definition) is 5. The van der Waals surface area contributed by atoms with Gasteiger partial charge < -0.3 is 15.8 Å². The number of aromatic nitrogens is 2. The number of nitrogens with two attached hydrogens (primary N) is 1. The maximum Gasteiger partial charge on any atom is 0.261 e. The van der Waals surface area contributed by atoms with E-state index in [1.165, 1.54) is 0 Å². The number of anilines is 2. The van der Waals surface area contributed by atoms with Gasteiger partial charge in [-0.15, -0.1) is 0 Å². The van der Waals surface area contributed by atoms with Gasteiger partial charge in [0, 0.05) is 17.5 Å². The van der Waals surface area contributed by atoms with Crippen molar-refractivity contribution in [3.05, 3.63) is 11.4 Å². The minimum atomic E-state index is -2.45. The highest BCUT2D eigenvalue weighted by atomic mass is 19.3. The fraction of sp³-hybridized carbons (Fsp3) is 0.692. The van der Waals surface area contributed by atoms with E-state index in [0.717, 1.165) is 5.56 Å². The molecule has 3 N–H and O–H groups in total. The summed E-state index contributed by atoms with van der Waals surface area (Å²) in [5.41, 5.74) is 6.39. The van der Waals surface area contributed by atoms with Gasteiger partial charge >= 0.3 is 0 Å². The predicted molar refractivity (Wildman–Crippen MR) is 75.2 cm³/mol. The Balaban J connectivity index is 2.67. The van der Waals surface area contributed by atoms with Gasteiger partial charge in [-0.25, -0.2) is 18.7 Å². The number of alkyl halides is 2. The smallest absolute Gasteiger partial charge is 0.261 e. The molecule has 0 unspecified atom stereocenters. The van der Waals surface area contributed by atoms with Crippen LogP contribution in [-0.2, 0) is 10.2 Å². The lowest BCUT2D eigenvalue weighted by Gasteiger charge is -2.19. The van der Waals surface area contributed by atoms with Crippen LogP contribution in [0.3, 0.4) is 0 Å². The Hall–Kier alpha value is -1.50. The summed E-state index contributed by atoms with van der Waals surface area (Å²) < 4.78 is 28.6. The average molecular weight is 288 g/mol. The fourth-order valence-corrected chi connectivity index (χ4v) is 1.46. The van der Waals surface area contributed by atoms with Crippen molar-refractivity contribution in [3.8, 4) is 0 Å². The van der Waals surface area contributed by atoms with Crippen molar-refractivity contribution in [2.75, 3.05) is 30.8 Å². The monoisotopic (exact) mass is 288 g/mol. The molecule has 1 rings (SSSR count). The highest BCUT2D eigenvalue weighted by Crippen LogP contribution is 2.24. The van der Waals surface area contributed by atoms with Gasteiger partial charge in [0.05, 0.1) is 6.61 Å². The van der Waals surface area contributed by atoms with Gasteiger partial charge in [-0.3, -0.25) is 0 Å². The van der Waals surface area contributed by atoms with E-state index in [0.29, 0.717) is 24.0 Å². The standard InChI is InChI=1S/C13H22F2N4O/c1-8-10(16)18-12(13(2,3)4)19-11(8)17-5-6-20-7-9(14)15/h9H,5-7H2,1-4H3,(H3,16,17,18,19). The Morgan fingerprint density at radius 3 is 2.50 bits per heavy atom. The lowest BCUT2D eigenvalue weighted by Crippen LogP contribution is -2.20. The number of nitrogens with one attached hydrogen (secondary N) is 1. The first-order valence-electron chi connectivity index (χ1n) is 6.46. The molecule has 0 bridgehead atoms. The summed E-state index contributed by atoms with van der Waals surface area (Å²) in [6.45, 7) is 7.79. The number of nitrogens with zero attached hydrogens (tertiary/aromatic N) is 2. The predicted octanol–water partition coefficient (Wildman–Crippen LogP) is 2.36. The average Bonchev–Trinajstić information content (AvgIpc) is 2.31. The summed E-state index contributed by atoms with van der Waals surface area (Å²) in [5, 5.41) is 3.04. The largest absolute Gasteiger partial charge is 0.383 e. The molecule has 0 saturated heterocycles. The van der Waals surface area contributed by atoms with Gasteiger partial charge in [0.1, 0.15) is 24.1 Å².